The molecule has 1 saturated carbocycles. The van der Waals surface area contributed by atoms with Crippen LogP contribution in [0.5, 0.6) is 0 Å². The summed E-state index contributed by atoms with van der Waals surface area (Å²) in [7, 11) is -3.39. The van der Waals surface area contributed by atoms with E-state index < -0.39 is 16.1 Å². The molecule has 0 spiro atoms. The van der Waals surface area contributed by atoms with Crippen LogP contribution in [0.3, 0.4) is 0 Å². The molecule has 3 aliphatic rings. The first-order valence-corrected chi connectivity index (χ1v) is 11.6. The van der Waals surface area contributed by atoms with Gasteiger partial charge < -0.3 is 5.11 Å². The Morgan fingerprint density at radius 1 is 0.964 bits per heavy atom. The predicted molar refractivity (Wildman–Crippen MR) is 103 cm³/mol. The number of fused-ring (bicyclic) bond motifs is 1. The van der Waals surface area contributed by atoms with Gasteiger partial charge >= 0.3 is 0 Å². The number of β-amino-alcohol motifs (C(OH)–C–C–N with tert-alkyl or cyclic N) is 1. The monoisotopic (exact) mass is 406 g/mol. The summed E-state index contributed by atoms with van der Waals surface area (Å²) in [5, 5.41) is 9.75. The molecule has 0 aromatic heterocycles. The fraction of sp³-hybridized carbons (Fsp3) is 0.600. The van der Waals surface area contributed by atoms with Gasteiger partial charge in [0.1, 0.15) is 0 Å². The van der Waals surface area contributed by atoms with E-state index in [1.54, 1.807) is 24.3 Å². The molecule has 1 aromatic carbocycles. The lowest BCUT2D eigenvalue weighted by Crippen LogP contribution is -2.45. The van der Waals surface area contributed by atoms with Crippen molar-refractivity contribution in [3.8, 4) is 0 Å². The van der Waals surface area contributed by atoms with Crippen molar-refractivity contribution in [2.24, 2.45) is 5.92 Å². The number of aliphatic hydroxyl groups excluding tert-OH is 1. The minimum atomic E-state index is -3.39. The minimum Gasteiger partial charge on any atom is -0.392 e. The largest absolute Gasteiger partial charge is 0.392 e. The molecule has 4 rings (SSSR count). The van der Waals surface area contributed by atoms with Gasteiger partial charge in [-0.2, -0.15) is 4.31 Å². The zero-order valence-corrected chi connectivity index (χ0v) is 16.6. The van der Waals surface area contributed by atoms with Crippen LogP contribution in [0, 0.1) is 5.92 Å². The zero-order valence-electron chi connectivity index (χ0n) is 15.8. The molecule has 2 heterocycles. The summed E-state index contributed by atoms with van der Waals surface area (Å²) in [6.45, 7) is 0.663. The maximum absolute atomic E-state index is 12.7. The van der Waals surface area contributed by atoms with E-state index in [9.17, 15) is 23.1 Å². The van der Waals surface area contributed by atoms with Crippen LogP contribution in [0.2, 0.25) is 0 Å². The molecule has 1 atom stereocenters. The highest BCUT2D eigenvalue weighted by molar-refractivity contribution is 7.89. The number of hydrogen-bond acceptors (Lipinski definition) is 5. The van der Waals surface area contributed by atoms with Crippen LogP contribution in [0.15, 0.2) is 24.3 Å². The minimum absolute atomic E-state index is 0.0236. The molecule has 2 fully saturated rings. The van der Waals surface area contributed by atoms with Crippen LogP contribution in [-0.4, -0.2) is 65.5 Å². The fourth-order valence-electron chi connectivity index (χ4n) is 4.69. The molecule has 0 bridgehead atoms. The maximum Gasteiger partial charge on any atom is 0.261 e. The average Bonchev–Trinajstić information content (AvgIpc) is 2.93. The zero-order chi connectivity index (χ0) is 19.9. The molecule has 1 N–H and O–H groups in total. The fourth-order valence-corrected chi connectivity index (χ4v) is 6.63. The second-order valence-corrected chi connectivity index (χ2v) is 10.1. The van der Waals surface area contributed by atoms with Crippen LogP contribution in [0.4, 0.5) is 0 Å². The van der Waals surface area contributed by atoms with Crippen molar-refractivity contribution in [3.05, 3.63) is 35.4 Å². The Kier molecular flexibility index (Phi) is 5.28. The Hall–Kier alpha value is -1.77. The standard InChI is InChI=1S/C20H26N2O5S/c23-16-4-3-11-21(12-16)28(26,27)13-14-7-9-15(10-8-14)22-19(24)17-5-1-2-6-18(17)20(22)25/h1-2,5-6,14-16,23H,3-4,7-13H2. The summed E-state index contributed by atoms with van der Waals surface area (Å²) in [5.74, 6) is -0.373. The molecular formula is C20H26N2O5S. The van der Waals surface area contributed by atoms with E-state index in [1.165, 1.54) is 9.21 Å². The van der Waals surface area contributed by atoms with Gasteiger partial charge in [-0.25, -0.2) is 8.42 Å². The molecule has 28 heavy (non-hydrogen) atoms. The lowest BCUT2D eigenvalue weighted by atomic mass is 9.86. The van der Waals surface area contributed by atoms with Crippen molar-refractivity contribution in [1.29, 1.82) is 0 Å². The molecular weight excluding hydrogens is 380 g/mol. The third-order valence-electron chi connectivity index (χ3n) is 6.21. The average molecular weight is 407 g/mol. The lowest BCUT2D eigenvalue weighted by molar-refractivity contribution is 0.0533. The van der Waals surface area contributed by atoms with Gasteiger partial charge in [0.25, 0.3) is 11.8 Å². The summed E-state index contributed by atoms with van der Waals surface area (Å²) in [6, 6.07) is 6.71. The number of benzene rings is 1. The van der Waals surface area contributed by atoms with E-state index in [-0.39, 0.29) is 36.1 Å². The summed E-state index contributed by atoms with van der Waals surface area (Å²) in [6.07, 6.45) is 3.38. The SMILES string of the molecule is O=C1c2ccccc2C(=O)N1C1CCC(CS(=O)(=O)N2CCCC(O)C2)CC1. The third kappa shape index (κ3) is 3.60. The van der Waals surface area contributed by atoms with Gasteiger partial charge in [-0.05, 0) is 56.6 Å². The van der Waals surface area contributed by atoms with Crippen LogP contribution in [0.25, 0.3) is 0 Å². The smallest absolute Gasteiger partial charge is 0.261 e. The van der Waals surface area contributed by atoms with Gasteiger partial charge in [-0.15, -0.1) is 0 Å². The molecule has 2 amide bonds. The van der Waals surface area contributed by atoms with E-state index >= 15 is 0 Å². The number of rotatable bonds is 4. The van der Waals surface area contributed by atoms with Crippen molar-refractivity contribution >= 4 is 21.8 Å². The summed E-state index contributed by atoms with van der Waals surface area (Å²) < 4.78 is 26.8. The topological polar surface area (TPSA) is 95.0 Å². The number of piperidine rings is 1. The van der Waals surface area contributed by atoms with Crippen LogP contribution < -0.4 is 0 Å². The van der Waals surface area contributed by atoms with Crippen molar-refractivity contribution in [2.75, 3.05) is 18.8 Å². The highest BCUT2D eigenvalue weighted by Gasteiger charge is 2.41. The first-order valence-electron chi connectivity index (χ1n) is 9.99. The highest BCUT2D eigenvalue weighted by Crippen LogP contribution is 2.34. The third-order valence-corrected chi connectivity index (χ3v) is 8.22. The molecule has 1 aromatic rings. The van der Waals surface area contributed by atoms with E-state index in [4.69, 9.17) is 0 Å². The lowest BCUT2D eigenvalue weighted by Gasteiger charge is -2.35. The van der Waals surface area contributed by atoms with E-state index in [2.05, 4.69) is 0 Å². The van der Waals surface area contributed by atoms with Crippen molar-refractivity contribution in [2.45, 2.75) is 50.7 Å². The Labute approximate surface area is 165 Å². The molecule has 7 nitrogen and oxygen atoms in total. The second-order valence-electron chi connectivity index (χ2n) is 8.13. The Morgan fingerprint density at radius 3 is 2.14 bits per heavy atom. The van der Waals surface area contributed by atoms with Crippen molar-refractivity contribution in [3.63, 3.8) is 0 Å². The van der Waals surface area contributed by atoms with Gasteiger partial charge in [-0.1, -0.05) is 12.1 Å². The Bertz CT molecular complexity index is 841. The van der Waals surface area contributed by atoms with E-state index in [0.29, 0.717) is 56.2 Å². The van der Waals surface area contributed by atoms with Gasteiger partial charge in [0, 0.05) is 19.1 Å². The van der Waals surface area contributed by atoms with Crippen molar-refractivity contribution in [1.82, 2.24) is 9.21 Å². The molecule has 2 aliphatic heterocycles. The number of hydrogen-bond donors (Lipinski definition) is 1. The second kappa shape index (κ2) is 7.57. The molecule has 152 valence electrons. The number of nitrogens with zero attached hydrogens (tertiary/aromatic N) is 2. The molecule has 1 aliphatic carbocycles. The quantitative estimate of drug-likeness (QED) is 0.767. The first-order chi connectivity index (χ1) is 13.4. The van der Waals surface area contributed by atoms with Crippen LogP contribution in [-0.2, 0) is 10.0 Å². The maximum atomic E-state index is 12.7. The number of amides is 2. The number of sulfonamides is 1. The molecule has 1 saturated heterocycles. The van der Waals surface area contributed by atoms with E-state index in [0.717, 1.165) is 0 Å². The van der Waals surface area contributed by atoms with Crippen molar-refractivity contribution < 1.29 is 23.1 Å². The summed E-state index contributed by atoms with van der Waals surface area (Å²) in [4.78, 5) is 26.6. The number of carbonyl (C=O) groups is 2. The number of carbonyl (C=O) groups excluding carboxylic acids is 2. The van der Waals surface area contributed by atoms with Crippen LogP contribution >= 0.6 is 0 Å². The van der Waals surface area contributed by atoms with Gasteiger partial charge in [0.2, 0.25) is 10.0 Å². The predicted octanol–water partition coefficient (Wildman–Crippen LogP) is 1.63. The first kappa shape index (κ1) is 19.5. The molecule has 0 radical (unpaired) electrons. The molecule has 8 heteroatoms. The normalized spacial score (nSPS) is 29.2. The summed E-state index contributed by atoms with van der Waals surface area (Å²) in [5.41, 5.74) is 0.918. The van der Waals surface area contributed by atoms with Gasteiger partial charge in [-0.3, -0.25) is 14.5 Å². The Morgan fingerprint density at radius 2 is 1.57 bits per heavy atom. The highest BCUT2D eigenvalue weighted by atomic mass is 32.2. The van der Waals surface area contributed by atoms with Gasteiger partial charge in [0.15, 0.2) is 0 Å². The van der Waals surface area contributed by atoms with Gasteiger partial charge in [0.05, 0.1) is 23.0 Å². The number of aliphatic hydroxyl groups is 1. The summed E-state index contributed by atoms with van der Waals surface area (Å²) >= 11 is 0. The molecule has 1 unspecified atom stereocenters. The number of imide groups is 1. The van der Waals surface area contributed by atoms with Crippen LogP contribution in [0.1, 0.15) is 59.2 Å². The Balaban J connectivity index is 1.37. The van der Waals surface area contributed by atoms with E-state index in [1.807, 2.05) is 0 Å².